The fourth-order valence-corrected chi connectivity index (χ4v) is 1.83. The first-order valence-corrected chi connectivity index (χ1v) is 5.88. The molecule has 0 unspecified atom stereocenters. The van der Waals surface area contributed by atoms with Gasteiger partial charge in [-0.25, -0.2) is 14.8 Å². The molecule has 0 atom stereocenters. The van der Waals surface area contributed by atoms with Gasteiger partial charge in [0.2, 0.25) is 11.9 Å². The van der Waals surface area contributed by atoms with Crippen molar-refractivity contribution in [2.45, 2.75) is 0 Å². The lowest BCUT2D eigenvalue weighted by Crippen LogP contribution is -2.48. The lowest BCUT2D eigenvalue weighted by molar-refractivity contribution is -0.132. The lowest BCUT2D eigenvalue weighted by Gasteiger charge is -2.34. The zero-order chi connectivity index (χ0) is 13.7. The van der Waals surface area contributed by atoms with E-state index < -0.39 is 5.97 Å². The van der Waals surface area contributed by atoms with Crippen LogP contribution in [-0.2, 0) is 9.59 Å². The topological polar surface area (TPSA) is 86.6 Å². The highest BCUT2D eigenvalue weighted by atomic mass is 16.4. The van der Waals surface area contributed by atoms with Crippen LogP contribution < -0.4 is 4.90 Å². The molecule has 1 aromatic heterocycles. The van der Waals surface area contributed by atoms with Crippen molar-refractivity contribution in [3.8, 4) is 0 Å². The lowest BCUT2D eigenvalue weighted by atomic mass is 10.3. The summed E-state index contributed by atoms with van der Waals surface area (Å²) in [5, 5.41) is 8.47. The summed E-state index contributed by atoms with van der Waals surface area (Å²) in [5.41, 5.74) is 0. The van der Waals surface area contributed by atoms with Gasteiger partial charge in [0, 0.05) is 50.7 Å². The van der Waals surface area contributed by atoms with E-state index in [1.807, 2.05) is 4.90 Å². The SMILES string of the molecule is O=C(O)/C=C\C(=O)N1CCN(c2ncccn2)CC1. The van der Waals surface area contributed by atoms with Crippen molar-refractivity contribution in [2.24, 2.45) is 0 Å². The molecule has 0 bridgehead atoms. The van der Waals surface area contributed by atoms with E-state index in [1.165, 1.54) is 0 Å². The predicted octanol–water partition coefficient (Wildman–Crippen LogP) is -0.234. The fraction of sp³-hybridized carbons (Fsp3) is 0.333. The number of aliphatic carboxylic acids is 1. The summed E-state index contributed by atoms with van der Waals surface area (Å²) >= 11 is 0. The molecular formula is C12H14N4O3. The number of amides is 1. The second-order valence-electron chi connectivity index (χ2n) is 4.03. The number of nitrogens with zero attached hydrogens (tertiary/aromatic N) is 4. The standard InChI is InChI=1S/C12H14N4O3/c17-10(2-3-11(18)19)15-6-8-16(9-7-15)12-13-4-1-5-14-12/h1-5H,6-9H2,(H,18,19)/b3-2-. The van der Waals surface area contributed by atoms with Crippen molar-refractivity contribution < 1.29 is 14.7 Å². The average molecular weight is 262 g/mol. The first kappa shape index (κ1) is 13.0. The summed E-state index contributed by atoms with van der Waals surface area (Å²) in [5.74, 6) is -0.753. The number of carboxylic acid groups (broad SMARTS) is 1. The summed E-state index contributed by atoms with van der Waals surface area (Å²) in [7, 11) is 0. The molecule has 0 saturated carbocycles. The van der Waals surface area contributed by atoms with E-state index >= 15 is 0 Å². The van der Waals surface area contributed by atoms with Crippen molar-refractivity contribution in [1.82, 2.24) is 14.9 Å². The highest BCUT2D eigenvalue weighted by molar-refractivity contribution is 5.94. The largest absolute Gasteiger partial charge is 0.478 e. The van der Waals surface area contributed by atoms with Crippen LogP contribution in [0.3, 0.4) is 0 Å². The summed E-state index contributed by atoms with van der Waals surface area (Å²) < 4.78 is 0. The predicted molar refractivity (Wildman–Crippen MR) is 67.6 cm³/mol. The minimum atomic E-state index is -1.12. The molecule has 0 radical (unpaired) electrons. The minimum absolute atomic E-state index is 0.281. The number of carbonyl (C=O) groups is 2. The Bertz CT molecular complexity index is 481. The van der Waals surface area contributed by atoms with Gasteiger partial charge in [0.1, 0.15) is 0 Å². The molecule has 7 nitrogen and oxygen atoms in total. The fourth-order valence-electron chi connectivity index (χ4n) is 1.83. The van der Waals surface area contributed by atoms with E-state index in [0.29, 0.717) is 32.1 Å². The number of anilines is 1. The maximum absolute atomic E-state index is 11.7. The van der Waals surface area contributed by atoms with Crippen molar-refractivity contribution in [3.63, 3.8) is 0 Å². The Labute approximate surface area is 110 Å². The molecule has 1 aliphatic rings. The van der Waals surface area contributed by atoms with Gasteiger partial charge in [-0.05, 0) is 6.07 Å². The molecule has 0 spiro atoms. The molecule has 2 rings (SSSR count). The number of carbonyl (C=O) groups excluding carboxylic acids is 1. The van der Waals surface area contributed by atoms with Crippen LogP contribution in [0.4, 0.5) is 5.95 Å². The summed E-state index contributed by atoms with van der Waals surface area (Å²) in [6.45, 7) is 2.33. The Balaban J connectivity index is 1.89. The molecular weight excluding hydrogens is 248 g/mol. The van der Waals surface area contributed by atoms with Crippen LogP contribution in [-0.4, -0.2) is 58.0 Å². The van der Waals surface area contributed by atoms with E-state index in [0.717, 1.165) is 12.2 Å². The van der Waals surface area contributed by atoms with Gasteiger partial charge in [-0.3, -0.25) is 4.79 Å². The van der Waals surface area contributed by atoms with Gasteiger partial charge in [0.15, 0.2) is 0 Å². The van der Waals surface area contributed by atoms with Crippen molar-refractivity contribution in [1.29, 1.82) is 0 Å². The third-order valence-electron chi connectivity index (χ3n) is 2.79. The first-order valence-electron chi connectivity index (χ1n) is 5.88. The highest BCUT2D eigenvalue weighted by Gasteiger charge is 2.20. The number of carboxylic acids is 1. The molecule has 1 saturated heterocycles. The number of rotatable bonds is 3. The first-order chi connectivity index (χ1) is 9.16. The number of hydrogen-bond donors (Lipinski definition) is 1. The zero-order valence-electron chi connectivity index (χ0n) is 10.3. The van der Waals surface area contributed by atoms with Crippen molar-refractivity contribution >= 4 is 17.8 Å². The van der Waals surface area contributed by atoms with Crippen LogP contribution >= 0.6 is 0 Å². The maximum atomic E-state index is 11.7. The summed E-state index contributed by atoms with van der Waals surface area (Å²) in [6, 6.07) is 1.75. The summed E-state index contributed by atoms with van der Waals surface area (Å²) in [4.78, 5) is 33.9. The molecule has 0 aliphatic carbocycles. The molecule has 1 N–H and O–H groups in total. The highest BCUT2D eigenvalue weighted by Crippen LogP contribution is 2.09. The molecule has 1 aromatic rings. The Kier molecular flexibility index (Phi) is 4.07. The normalized spacial score (nSPS) is 15.8. The minimum Gasteiger partial charge on any atom is -0.478 e. The Morgan fingerprint density at radius 1 is 1.11 bits per heavy atom. The third kappa shape index (κ3) is 3.51. The van der Waals surface area contributed by atoms with E-state index in [2.05, 4.69) is 9.97 Å². The van der Waals surface area contributed by atoms with Gasteiger partial charge < -0.3 is 14.9 Å². The average Bonchev–Trinajstić information content (AvgIpc) is 2.46. The van der Waals surface area contributed by atoms with Crippen molar-refractivity contribution in [3.05, 3.63) is 30.6 Å². The Hall–Kier alpha value is -2.44. The molecule has 2 heterocycles. The van der Waals surface area contributed by atoms with Gasteiger partial charge in [0.25, 0.3) is 0 Å². The smallest absolute Gasteiger partial charge is 0.328 e. The van der Waals surface area contributed by atoms with E-state index in [-0.39, 0.29) is 5.91 Å². The second kappa shape index (κ2) is 5.94. The molecule has 100 valence electrons. The second-order valence-corrected chi connectivity index (χ2v) is 4.03. The summed E-state index contributed by atoms with van der Waals surface area (Å²) in [6.07, 6.45) is 5.29. The molecule has 1 aliphatic heterocycles. The van der Waals surface area contributed by atoms with Crippen LogP contribution in [0, 0.1) is 0 Å². The Morgan fingerprint density at radius 3 is 2.32 bits per heavy atom. The third-order valence-corrected chi connectivity index (χ3v) is 2.79. The Morgan fingerprint density at radius 2 is 1.74 bits per heavy atom. The van der Waals surface area contributed by atoms with Crippen LogP contribution in [0.15, 0.2) is 30.6 Å². The molecule has 1 amide bonds. The number of piperazine rings is 1. The van der Waals surface area contributed by atoms with Crippen molar-refractivity contribution in [2.75, 3.05) is 31.1 Å². The van der Waals surface area contributed by atoms with Crippen LogP contribution in [0.5, 0.6) is 0 Å². The van der Waals surface area contributed by atoms with Gasteiger partial charge in [-0.1, -0.05) is 0 Å². The van der Waals surface area contributed by atoms with Crippen LogP contribution in [0.25, 0.3) is 0 Å². The van der Waals surface area contributed by atoms with Gasteiger partial charge in [-0.15, -0.1) is 0 Å². The maximum Gasteiger partial charge on any atom is 0.328 e. The van der Waals surface area contributed by atoms with E-state index in [1.54, 1.807) is 23.4 Å². The molecule has 0 aromatic carbocycles. The molecule has 1 fully saturated rings. The quantitative estimate of drug-likeness (QED) is 0.757. The monoisotopic (exact) mass is 262 g/mol. The van der Waals surface area contributed by atoms with E-state index in [9.17, 15) is 9.59 Å². The number of hydrogen-bond acceptors (Lipinski definition) is 5. The zero-order valence-corrected chi connectivity index (χ0v) is 10.3. The van der Waals surface area contributed by atoms with Gasteiger partial charge in [-0.2, -0.15) is 0 Å². The molecule has 19 heavy (non-hydrogen) atoms. The van der Waals surface area contributed by atoms with Crippen LogP contribution in [0.2, 0.25) is 0 Å². The number of aromatic nitrogens is 2. The van der Waals surface area contributed by atoms with E-state index in [4.69, 9.17) is 5.11 Å². The van der Waals surface area contributed by atoms with Crippen LogP contribution in [0.1, 0.15) is 0 Å². The molecule has 7 heteroatoms. The van der Waals surface area contributed by atoms with Gasteiger partial charge >= 0.3 is 5.97 Å². The van der Waals surface area contributed by atoms with Gasteiger partial charge in [0.05, 0.1) is 0 Å².